The van der Waals surface area contributed by atoms with Crippen LogP contribution in [0.5, 0.6) is 11.5 Å². The third-order valence-corrected chi connectivity index (χ3v) is 2.72. The molecule has 0 fully saturated rings. The fourth-order valence-electron chi connectivity index (χ4n) is 1.61. The van der Waals surface area contributed by atoms with Crippen LogP contribution in [0.15, 0.2) is 17.1 Å². The lowest BCUT2D eigenvalue weighted by Crippen LogP contribution is -2.12. The van der Waals surface area contributed by atoms with Crippen LogP contribution in [0.1, 0.15) is 6.42 Å². The average Bonchev–Trinajstić information content (AvgIpc) is 2.62. The molecular formula is C11H12ClN3O4. The van der Waals surface area contributed by atoms with E-state index in [1.165, 1.54) is 12.1 Å². The first-order valence-electron chi connectivity index (χ1n) is 5.59. The van der Waals surface area contributed by atoms with E-state index in [2.05, 4.69) is 4.99 Å². The molecule has 0 atom stereocenters. The van der Waals surface area contributed by atoms with Gasteiger partial charge in [0.1, 0.15) is 11.5 Å². The zero-order chi connectivity index (χ0) is 13.8. The number of amidine groups is 1. The summed E-state index contributed by atoms with van der Waals surface area (Å²) >= 11 is 5.52. The second-order valence-corrected chi connectivity index (χ2v) is 4.10. The minimum atomic E-state index is -0.547. The molecule has 1 aromatic carbocycles. The molecule has 0 saturated heterocycles. The number of ether oxygens (including phenoxy) is 2. The molecule has 7 nitrogen and oxygen atoms in total. The first kappa shape index (κ1) is 13.4. The Morgan fingerprint density at radius 1 is 1.42 bits per heavy atom. The number of hydrogen-bond donors (Lipinski definition) is 1. The van der Waals surface area contributed by atoms with E-state index in [4.69, 9.17) is 26.8 Å². The van der Waals surface area contributed by atoms with Gasteiger partial charge in [-0.1, -0.05) is 0 Å². The van der Waals surface area contributed by atoms with E-state index in [1.807, 2.05) is 0 Å². The van der Waals surface area contributed by atoms with Crippen LogP contribution in [-0.4, -0.2) is 29.9 Å². The molecule has 0 bridgehead atoms. The Balaban J connectivity index is 2.51. The van der Waals surface area contributed by atoms with Gasteiger partial charge < -0.3 is 15.2 Å². The average molecular weight is 286 g/mol. The van der Waals surface area contributed by atoms with Gasteiger partial charge in [0.25, 0.3) is 5.69 Å². The molecule has 1 aromatic rings. The van der Waals surface area contributed by atoms with Crippen LogP contribution in [0.4, 0.5) is 11.4 Å². The van der Waals surface area contributed by atoms with Gasteiger partial charge in [-0.25, -0.2) is 4.99 Å². The van der Waals surface area contributed by atoms with Crippen LogP contribution in [0, 0.1) is 10.1 Å². The molecule has 0 aromatic heterocycles. The topological polar surface area (TPSA) is 100.0 Å². The van der Waals surface area contributed by atoms with Crippen LogP contribution in [0.25, 0.3) is 0 Å². The Morgan fingerprint density at radius 3 is 2.63 bits per heavy atom. The number of rotatable bonds is 3. The summed E-state index contributed by atoms with van der Waals surface area (Å²) in [5.41, 5.74) is 5.41. The molecule has 102 valence electrons. The number of halogens is 1. The van der Waals surface area contributed by atoms with Crippen molar-refractivity contribution in [2.45, 2.75) is 6.42 Å². The summed E-state index contributed by atoms with van der Waals surface area (Å²) in [5.74, 6) is 0.849. The van der Waals surface area contributed by atoms with Crippen molar-refractivity contribution in [2.75, 3.05) is 19.1 Å². The van der Waals surface area contributed by atoms with E-state index in [-0.39, 0.29) is 23.1 Å². The lowest BCUT2D eigenvalue weighted by Gasteiger charge is -2.08. The van der Waals surface area contributed by atoms with Crippen molar-refractivity contribution in [1.82, 2.24) is 0 Å². The van der Waals surface area contributed by atoms with Gasteiger partial charge in [-0.15, -0.1) is 11.6 Å². The van der Waals surface area contributed by atoms with E-state index >= 15 is 0 Å². The van der Waals surface area contributed by atoms with E-state index in [0.717, 1.165) is 0 Å². The highest BCUT2D eigenvalue weighted by atomic mass is 35.5. The molecule has 1 aliphatic rings. The quantitative estimate of drug-likeness (QED) is 0.301. The molecule has 0 amide bonds. The lowest BCUT2D eigenvalue weighted by molar-refractivity contribution is -0.384. The molecule has 0 radical (unpaired) electrons. The second kappa shape index (κ2) is 5.75. The third kappa shape index (κ3) is 3.05. The SMILES string of the molecule is NC(CCl)=Nc1cc2c(cc1[N+](=O)[O-])OCCCO2. The minimum Gasteiger partial charge on any atom is -0.489 e. The van der Waals surface area contributed by atoms with Gasteiger partial charge in [0.05, 0.1) is 30.1 Å². The standard InChI is InChI=1S/C11H12ClN3O4/c12-6-11(13)14-7-4-9-10(5-8(7)15(16)17)19-3-1-2-18-9/h4-5H,1-3,6H2,(H2,13,14). The van der Waals surface area contributed by atoms with Gasteiger partial charge in [0.15, 0.2) is 11.5 Å². The predicted molar refractivity (Wildman–Crippen MR) is 70.7 cm³/mol. The van der Waals surface area contributed by atoms with Crippen molar-refractivity contribution in [3.63, 3.8) is 0 Å². The second-order valence-electron chi connectivity index (χ2n) is 3.83. The summed E-state index contributed by atoms with van der Waals surface area (Å²) in [7, 11) is 0. The van der Waals surface area contributed by atoms with Crippen molar-refractivity contribution >= 4 is 28.8 Å². The highest BCUT2D eigenvalue weighted by Gasteiger charge is 2.21. The summed E-state index contributed by atoms with van der Waals surface area (Å²) < 4.78 is 10.8. The van der Waals surface area contributed by atoms with Crippen LogP contribution < -0.4 is 15.2 Å². The maximum atomic E-state index is 11.0. The third-order valence-electron chi connectivity index (χ3n) is 2.44. The highest BCUT2D eigenvalue weighted by molar-refractivity contribution is 6.28. The Bertz CT molecular complexity index is 533. The smallest absolute Gasteiger partial charge is 0.298 e. The Labute approximate surface area is 114 Å². The van der Waals surface area contributed by atoms with Gasteiger partial charge in [-0.2, -0.15) is 0 Å². The summed E-state index contributed by atoms with van der Waals surface area (Å²) in [6, 6.07) is 2.74. The Kier molecular flexibility index (Phi) is 4.06. The summed E-state index contributed by atoms with van der Waals surface area (Å²) in [5, 5.41) is 11.0. The van der Waals surface area contributed by atoms with Crippen LogP contribution in [0.2, 0.25) is 0 Å². The monoisotopic (exact) mass is 285 g/mol. The number of nitro benzene ring substituents is 1. The molecule has 0 aliphatic carbocycles. The fourth-order valence-corrected chi connectivity index (χ4v) is 1.67. The number of aliphatic imine (C=N–C) groups is 1. The van der Waals surface area contributed by atoms with Crippen molar-refractivity contribution < 1.29 is 14.4 Å². The molecular weight excluding hydrogens is 274 g/mol. The van der Waals surface area contributed by atoms with Gasteiger partial charge in [0.2, 0.25) is 0 Å². The normalized spacial score (nSPS) is 14.9. The zero-order valence-corrected chi connectivity index (χ0v) is 10.7. The Hall–Kier alpha value is -2.02. The van der Waals surface area contributed by atoms with Gasteiger partial charge in [-0.3, -0.25) is 10.1 Å². The molecule has 1 heterocycles. The molecule has 0 saturated carbocycles. The number of alkyl halides is 1. The maximum Gasteiger partial charge on any atom is 0.298 e. The molecule has 0 unspecified atom stereocenters. The van der Waals surface area contributed by atoms with Crippen molar-refractivity contribution in [2.24, 2.45) is 10.7 Å². The van der Waals surface area contributed by atoms with Crippen molar-refractivity contribution in [3.8, 4) is 11.5 Å². The lowest BCUT2D eigenvalue weighted by atomic mass is 10.2. The first-order valence-corrected chi connectivity index (χ1v) is 6.12. The van der Waals surface area contributed by atoms with Crippen LogP contribution in [0.3, 0.4) is 0 Å². The molecule has 1 aliphatic heterocycles. The van der Waals surface area contributed by atoms with Crippen molar-refractivity contribution in [1.29, 1.82) is 0 Å². The van der Waals surface area contributed by atoms with Gasteiger partial charge in [-0.05, 0) is 0 Å². The predicted octanol–water partition coefficient (Wildman–Crippen LogP) is 1.98. The number of fused-ring (bicyclic) bond motifs is 1. The molecule has 19 heavy (non-hydrogen) atoms. The van der Waals surface area contributed by atoms with Gasteiger partial charge >= 0.3 is 0 Å². The van der Waals surface area contributed by atoms with E-state index < -0.39 is 4.92 Å². The summed E-state index contributed by atoms with van der Waals surface area (Å²) in [6.07, 6.45) is 0.713. The summed E-state index contributed by atoms with van der Waals surface area (Å²) in [4.78, 5) is 14.4. The first-order chi connectivity index (χ1) is 9.11. The Morgan fingerprint density at radius 2 is 2.05 bits per heavy atom. The van der Waals surface area contributed by atoms with Crippen LogP contribution >= 0.6 is 11.6 Å². The van der Waals surface area contributed by atoms with Crippen molar-refractivity contribution in [3.05, 3.63) is 22.2 Å². The van der Waals surface area contributed by atoms with Crippen LogP contribution in [-0.2, 0) is 0 Å². The maximum absolute atomic E-state index is 11.0. The highest BCUT2D eigenvalue weighted by Crippen LogP contribution is 2.40. The van der Waals surface area contributed by atoms with E-state index in [9.17, 15) is 10.1 Å². The number of nitrogens with zero attached hydrogens (tertiary/aromatic N) is 2. The van der Waals surface area contributed by atoms with Gasteiger partial charge in [0, 0.05) is 12.5 Å². The molecule has 2 N–H and O–H groups in total. The zero-order valence-electron chi connectivity index (χ0n) is 9.97. The molecule has 2 rings (SSSR count). The van der Waals surface area contributed by atoms with E-state index in [0.29, 0.717) is 31.1 Å². The fraction of sp³-hybridized carbons (Fsp3) is 0.364. The largest absolute Gasteiger partial charge is 0.489 e. The number of nitrogens with two attached hydrogens (primary N) is 1. The minimum absolute atomic E-state index is 0.00834. The number of hydrogen-bond acceptors (Lipinski definition) is 5. The molecule has 0 spiro atoms. The number of nitro groups is 1. The number of benzene rings is 1. The molecule has 8 heteroatoms. The van der Waals surface area contributed by atoms with E-state index in [1.54, 1.807) is 0 Å². The summed E-state index contributed by atoms with van der Waals surface area (Å²) in [6.45, 7) is 0.940.